The van der Waals surface area contributed by atoms with Crippen LogP contribution in [0.3, 0.4) is 0 Å². The summed E-state index contributed by atoms with van der Waals surface area (Å²) >= 11 is 0. The Hall–Kier alpha value is -0.730. The molecule has 2 fully saturated rings. The molecule has 2 aliphatic rings. The predicted octanol–water partition coefficient (Wildman–Crippen LogP) is 2.76. The Morgan fingerprint density at radius 2 is 1.88 bits per heavy atom. The average Bonchev–Trinajstić information content (AvgIpc) is 2.69. The summed E-state index contributed by atoms with van der Waals surface area (Å²) in [5, 5.41) is 3.17. The Bertz CT molecular complexity index is 232. The largest absolute Gasteiger partial charge is 0.335 e. The number of nitrogens with one attached hydrogen (secondary N) is 1. The third-order valence-corrected chi connectivity index (χ3v) is 4.06. The van der Waals surface area contributed by atoms with Crippen LogP contribution < -0.4 is 5.32 Å². The van der Waals surface area contributed by atoms with Crippen molar-refractivity contribution in [3.63, 3.8) is 0 Å². The number of carbonyl (C=O) groups is 1. The molecule has 0 aromatic carbocycles. The lowest BCUT2D eigenvalue weighted by molar-refractivity contribution is 0.168. The van der Waals surface area contributed by atoms with Gasteiger partial charge in [0.15, 0.2) is 0 Å². The summed E-state index contributed by atoms with van der Waals surface area (Å²) in [5.41, 5.74) is 0. The molecule has 0 heterocycles. The van der Waals surface area contributed by atoms with E-state index in [0.717, 1.165) is 19.0 Å². The fourth-order valence-corrected chi connectivity index (χ4v) is 2.68. The van der Waals surface area contributed by atoms with Gasteiger partial charge in [-0.3, -0.25) is 0 Å². The second kappa shape index (κ2) is 5.55. The lowest BCUT2D eigenvalue weighted by atomic mass is 9.85. The number of rotatable bonds is 4. The van der Waals surface area contributed by atoms with Gasteiger partial charge in [-0.2, -0.15) is 0 Å². The SMILES string of the molecule is CCN(CC1CCC1)C(=O)NC1CCCC1. The maximum Gasteiger partial charge on any atom is 0.317 e. The van der Waals surface area contributed by atoms with Gasteiger partial charge in [0.25, 0.3) is 0 Å². The van der Waals surface area contributed by atoms with Crippen LogP contribution in [0.25, 0.3) is 0 Å². The number of hydrogen-bond donors (Lipinski definition) is 1. The van der Waals surface area contributed by atoms with Gasteiger partial charge in [0.1, 0.15) is 0 Å². The second-order valence-electron chi connectivity index (χ2n) is 5.27. The van der Waals surface area contributed by atoms with Crippen LogP contribution in [0.1, 0.15) is 51.9 Å². The van der Waals surface area contributed by atoms with E-state index in [1.54, 1.807) is 0 Å². The molecule has 3 heteroatoms. The van der Waals surface area contributed by atoms with Gasteiger partial charge < -0.3 is 10.2 Å². The highest BCUT2D eigenvalue weighted by atomic mass is 16.2. The highest BCUT2D eigenvalue weighted by Gasteiger charge is 2.24. The van der Waals surface area contributed by atoms with E-state index in [2.05, 4.69) is 12.2 Å². The molecule has 0 saturated heterocycles. The van der Waals surface area contributed by atoms with Crippen LogP contribution in [0.15, 0.2) is 0 Å². The molecular weight excluding hydrogens is 200 g/mol. The monoisotopic (exact) mass is 224 g/mol. The lowest BCUT2D eigenvalue weighted by Gasteiger charge is -2.32. The maximum atomic E-state index is 12.0. The maximum absolute atomic E-state index is 12.0. The van der Waals surface area contributed by atoms with E-state index in [9.17, 15) is 4.79 Å². The molecule has 0 aliphatic heterocycles. The first-order valence-electron chi connectivity index (χ1n) is 6.85. The zero-order chi connectivity index (χ0) is 11.4. The molecule has 2 saturated carbocycles. The molecule has 0 unspecified atom stereocenters. The molecule has 3 nitrogen and oxygen atoms in total. The first kappa shape index (κ1) is 11.7. The van der Waals surface area contributed by atoms with E-state index >= 15 is 0 Å². The van der Waals surface area contributed by atoms with E-state index in [-0.39, 0.29) is 6.03 Å². The Morgan fingerprint density at radius 1 is 1.19 bits per heavy atom. The molecule has 0 bridgehead atoms. The van der Waals surface area contributed by atoms with E-state index in [0.29, 0.717) is 6.04 Å². The number of amides is 2. The minimum atomic E-state index is 0.168. The van der Waals surface area contributed by atoms with E-state index < -0.39 is 0 Å². The van der Waals surface area contributed by atoms with E-state index in [4.69, 9.17) is 0 Å². The fourth-order valence-electron chi connectivity index (χ4n) is 2.68. The summed E-state index contributed by atoms with van der Waals surface area (Å²) in [5.74, 6) is 0.772. The number of urea groups is 1. The highest BCUT2D eigenvalue weighted by molar-refractivity contribution is 5.74. The van der Waals surface area contributed by atoms with Gasteiger partial charge in [-0.25, -0.2) is 4.79 Å². The van der Waals surface area contributed by atoms with Crippen molar-refractivity contribution in [2.45, 2.75) is 57.9 Å². The summed E-state index contributed by atoms with van der Waals surface area (Å²) in [7, 11) is 0. The van der Waals surface area contributed by atoms with Crippen LogP contribution in [-0.4, -0.2) is 30.1 Å². The molecule has 92 valence electrons. The molecule has 0 radical (unpaired) electrons. The first-order chi connectivity index (χ1) is 7.79. The second-order valence-corrected chi connectivity index (χ2v) is 5.27. The lowest BCUT2D eigenvalue weighted by Crippen LogP contribution is -2.46. The van der Waals surface area contributed by atoms with Crippen LogP contribution >= 0.6 is 0 Å². The zero-order valence-corrected chi connectivity index (χ0v) is 10.4. The fraction of sp³-hybridized carbons (Fsp3) is 0.923. The van der Waals surface area contributed by atoms with Gasteiger partial charge in [0.2, 0.25) is 0 Å². The van der Waals surface area contributed by atoms with Crippen molar-refractivity contribution in [2.24, 2.45) is 5.92 Å². The van der Waals surface area contributed by atoms with Gasteiger partial charge in [0, 0.05) is 19.1 Å². The Kier molecular flexibility index (Phi) is 4.08. The molecular formula is C13H24N2O. The number of carbonyl (C=O) groups excluding carboxylic acids is 1. The van der Waals surface area contributed by atoms with Crippen molar-refractivity contribution in [3.05, 3.63) is 0 Å². The third-order valence-electron chi connectivity index (χ3n) is 4.06. The molecule has 16 heavy (non-hydrogen) atoms. The molecule has 0 spiro atoms. The van der Waals surface area contributed by atoms with Crippen molar-refractivity contribution >= 4 is 6.03 Å². The molecule has 0 aromatic heterocycles. The van der Waals surface area contributed by atoms with Crippen molar-refractivity contribution in [3.8, 4) is 0 Å². The van der Waals surface area contributed by atoms with Crippen molar-refractivity contribution in [2.75, 3.05) is 13.1 Å². The first-order valence-corrected chi connectivity index (χ1v) is 6.85. The third kappa shape index (κ3) is 2.89. The Balaban J connectivity index is 1.75. The van der Waals surface area contributed by atoms with Gasteiger partial charge in [0.05, 0.1) is 0 Å². The van der Waals surface area contributed by atoms with Crippen LogP contribution in [-0.2, 0) is 0 Å². The average molecular weight is 224 g/mol. The summed E-state index contributed by atoms with van der Waals surface area (Å²) in [4.78, 5) is 14.0. The topological polar surface area (TPSA) is 32.3 Å². The smallest absolute Gasteiger partial charge is 0.317 e. The standard InChI is InChI=1S/C13H24N2O/c1-2-15(10-11-6-5-7-11)13(16)14-12-8-3-4-9-12/h11-12H,2-10H2,1H3,(H,14,16). The molecule has 2 aliphatic carbocycles. The van der Waals surface area contributed by atoms with E-state index in [1.165, 1.54) is 44.9 Å². The molecule has 2 amide bonds. The molecule has 2 rings (SSSR count). The summed E-state index contributed by atoms with van der Waals surface area (Å²) < 4.78 is 0. The molecule has 0 atom stereocenters. The quantitative estimate of drug-likeness (QED) is 0.782. The Morgan fingerprint density at radius 3 is 2.38 bits per heavy atom. The van der Waals surface area contributed by atoms with E-state index in [1.807, 2.05) is 4.90 Å². The highest BCUT2D eigenvalue weighted by Crippen LogP contribution is 2.27. The minimum Gasteiger partial charge on any atom is -0.335 e. The Labute approximate surface area is 98.6 Å². The van der Waals surface area contributed by atoms with Gasteiger partial charge in [-0.15, -0.1) is 0 Å². The van der Waals surface area contributed by atoms with Crippen LogP contribution in [0.5, 0.6) is 0 Å². The molecule has 0 aromatic rings. The minimum absolute atomic E-state index is 0.168. The van der Waals surface area contributed by atoms with Crippen LogP contribution in [0.2, 0.25) is 0 Å². The van der Waals surface area contributed by atoms with Crippen LogP contribution in [0, 0.1) is 5.92 Å². The summed E-state index contributed by atoms with van der Waals surface area (Å²) in [6.45, 7) is 3.89. The van der Waals surface area contributed by atoms with Crippen molar-refractivity contribution in [1.29, 1.82) is 0 Å². The number of hydrogen-bond acceptors (Lipinski definition) is 1. The van der Waals surface area contributed by atoms with Gasteiger partial charge >= 0.3 is 6.03 Å². The van der Waals surface area contributed by atoms with Crippen molar-refractivity contribution in [1.82, 2.24) is 10.2 Å². The summed E-state index contributed by atoms with van der Waals surface area (Å²) in [6, 6.07) is 0.615. The normalized spacial score (nSPS) is 21.8. The van der Waals surface area contributed by atoms with Gasteiger partial charge in [-0.05, 0) is 38.5 Å². The van der Waals surface area contributed by atoms with Crippen LogP contribution in [0.4, 0.5) is 4.79 Å². The van der Waals surface area contributed by atoms with Gasteiger partial charge in [-0.1, -0.05) is 19.3 Å². The number of nitrogens with zero attached hydrogens (tertiary/aromatic N) is 1. The molecule has 1 N–H and O–H groups in total. The van der Waals surface area contributed by atoms with Crippen molar-refractivity contribution < 1.29 is 4.79 Å². The summed E-state index contributed by atoms with van der Waals surface area (Å²) in [6.07, 6.45) is 8.88. The predicted molar refractivity (Wildman–Crippen MR) is 65.4 cm³/mol. The zero-order valence-electron chi connectivity index (χ0n) is 10.4.